The molecule has 0 aliphatic rings. The van der Waals surface area contributed by atoms with Crippen LogP contribution in [0.4, 0.5) is 0 Å². The Morgan fingerprint density at radius 2 is 0.577 bits per heavy atom. The highest BCUT2D eigenvalue weighted by molar-refractivity contribution is 7.76. The van der Waals surface area contributed by atoms with Gasteiger partial charge < -0.3 is 170 Å². The van der Waals surface area contributed by atoms with Crippen LogP contribution < -0.4 is 75.7 Å². The van der Waals surface area contributed by atoms with Crippen molar-refractivity contribution in [1.29, 1.82) is 0 Å². The van der Waals surface area contributed by atoms with Gasteiger partial charge in [0.05, 0.1) is 27.4 Å². The summed E-state index contributed by atoms with van der Waals surface area (Å²) >= 11 is 0. The van der Waals surface area contributed by atoms with Crippen LogP contribution in [0, 0.1) is 0 Å². The van der Waals surface area contributed by atoms with Crippen LogP contribution >= 0.6 is 89.8 Å². The van der Waals surface area contributed by atoms with Crippen molar-refractivity contribution in [3.63, 3.8) is 0 Å². The number of methoxy groups -OCH3 is 2. The molecule has 0 saturated heterocycles. The van der Waals surface area contributed by atoms with E-state index in [0.29, 0.717) is 115 Å². The van der Waals surface area contributed by atoms with Crippen LogP contribution in [0.15, 0.2) is 268 Å². The van der Waals surface area contributed by atoms with E-state index in [-0.39, 0.29) is 11.5 Å². The van der Waals surface area contributed by atoms with Gasteiger partial charge in [-0.3, -0.25) is 32.2 Å². The van der Waals surface area contributed by atoms with E-state index in [1.165, 1.54) is 111 Å². The highest BCUT2D eigenvalue weighted by Gasteiger charge is 2.60. The highest BCUT2D eigenvalue weighted by Crippen LogP contribution is 2.71. The van der Waals surface area contributed by atoms with Crippen molar-refractivity contribution in [1.82, 2.24) is 0 Å². The maximum Gasteiger partial charge on any atom is 0.263 e. The van der Waals surface area contributed by atoms with Gasteiger partial charge in [0.25, 0.3) is 30.5 Å². The van der Waals surface area contributed by atoms with Gasteiger partial charge in [0.2, 0.25) is 56.1 Å². The van der Waals surface area contributed by atoms with E-state index in [4.69, 9.17) is 23.8 Å². The van der Waals surface area contributed by atoms with Crippen molar-refractivity contribution in [3.8, 4) is 84.5 Å². The molecule has 18 unspecified atom stereocenters. The van der Waals surface area contributed by atoms with Gasteiger partial charge in [-0.15, -0.1) is 0 Å². The quantitative estimate of drug-likeness (QED) is 0.0108. The van der Waals surface area contributed by atoms with E-state index >= 15 is 0 Å². The van der Waals surface area contributed by atoms with E-state index in [9.17, 15) is 179 Å². The number of rotatable bonds is 39. The third kappa shape index (κ3) is 34.2. The average molecular weight is 2320 g/mol. The molecule has 5 aromatic carbocycles. The molecule has 6 aromatic heterocycles. The number of aliphatic hydroxyl groups is 6. The first-order valence-corrected chi connectivity index (χ1v) is 65.8. The average Bonchev–Trinajstić information content (AvgIpc) is 0.751. The van der Waals surface area contributed by atoms with Gasteiger partial charge in [0.1, 0.15) is 23.0 Å². The standard InChI is InChI=1S/C18H25NO7P2.C17H23NO7P2.C16H19NO7P2.2C15H19NO7P2.C8H13NO7P2/c1-3-4-12-26-17-9-7-15(8-10-17)16-6-5-11-19(13-16)14-18(20,27(2,21)22)28(23,24)25;1-3-11-25-15-8-6-7-14(12-15)16-9-4-5-10-18(16)13-17(19,26(2,20)21)27(22,23)24;1-12(18)13-5-7-14(8-6-13)15-4-3-9-17(10-15)11-16(19,25(2,20)21)26(22,23)24;1-23-14-7-3-5-12(9-14)13-6-4-8-16(10-13)11-15(17,24(2,18)19)25(20,21)22;1-23-14-7-5-12(6-8-14)13-4-3-9-16(10-13)11-15(17,24(2,18)19)25(20,21)22;1-17(12,13)8(11,18(14,15)16)6-9-4-2-3-7(10)5-9/h5-11,13,20H,3-4,12,14H2,1-2H3,(H2-,21,22,23,24,25);4-10,12,19H,3,11,13H2,1-2H3,(H2-,20,21,22,23,24);3-10,19H,11H2,1-2H3,(H2-,20,21,22,23,24);2*3-10,17H,11H2,1-2H3,(H2-,18,19,20,21,22);2-5,11H,6H2,1H3,(H3-,10,12,13,14,15,16). The van der Waals surface area contributed by atoms with Gasteiger partial charge in [0, 0.05) is 116 Å². The fraction of sp³-hybridized carbons (Fsp3) is 0.315. The largest absolute Gasteiger partial charge is 0.776 e. The normalized spacial score (nSPS) is 18.7. The Balaban J connectivity index is 0.000000274. The van der Waals surface area contributed by atoms with E-state index in [1.807, 2.05) is 31.2 Å². The van der Waals surface area contributed by atoms with Crippen LogP contribution in [0.1, 0.15) is 50.4 Å². The zero-order valence-electron chi connectivity index (χ0n) is 81.6. The van der Waals surface area contributed by atoms with Crippen LogP contribution in [-0.4, -0.2) is 198 Å². The van der Waals surface area contributed by atoms with Crippen molar-refractivity contribution in [2.45, 2.75) is 110 Å². The summed E-state index contributed by atoms with van der Waals surface area (Å²) in [6.07, 6.45) is 18.2. The summed E-state index contributed by atoms with van der Waals surface area (Å²) in [5.74, 6) is 2.32. The van der Waals surface area contributed by atoms with Crippen molar-refractivity contribution in [2.75, 3.05) is 67.4 Å². The minimum Gasteiger partial charge on any atom is -0.776 e. The van der Waals surface area contributed by atoms with Crippen LogP contribution in [0.3, 0.4) is 0 Å². The van der Waals surface area contributed by atoms with Crippen LogP contribution in [0.2, 0.25) is 0 Å². The number of aromatic hydroxyl groups is 1. The zero-order valence-corrected chi connectivity index (χ0v) is 92.4. The Morgan fingerprint density at radius 1 is 0.295 bits per heavy atom. The van der Waals surface area contributed by atoms with Crippen LogP contribution in [0.25, 0.3) is 55.8 Å². The van der Waals surface area contributed by atoms with E-state index < -0.39 is 160 Å². The Morgan fingerprint density at radius 3 is 0.886 bits per heavy atom. The third-order valence-electron chi connectivity index (χ3n) is 22.3. The molecule has 0 radical (unpaired) electrons. The lowest BCUT2D eigenvalue weighted by molar-refractivity contribution is -0.704. The lowest BCUT2D eigenvalue weighted by Crippen LogP contribution is -2.50. The molecular formula is C89H118N6O42P12. The summed E-state index contributed by atoms with van der Waals surface area (Å²) in [6.45, 7) is 5.79. The SMILES string of the molecule is CC(=O)c1ccc(-c2ccc[n+](CC(O)(P(C)(=O)O)P(=O)([O-])O)c2)cc1.CCCCOc1ccc(-c2ccc[n+](CC(O)(P(C)(=O)O)P(=O)([O-])O)c2)cc1.CCCOc1cccc(-c2cccc[n+]2CC(O)(P(C)(=O)O)P(=O)([O-])O)c1.COc1ccc(-c2ccc[n+](CC(O)(P(C)(=O)O)P(=O)([O-])O)c2)cc1.COc1cccc(-c2ccc[n+](CC(O)(P(C)(=O)O)P(=O)([O-])O)c2)c1.CP(=O)(O)C(O)(C[n+]1cccc(O)c1)P(=O)([O-])O. The van der Waals surface area contributed by atoms with Crippen molar-refractivity contribution in [3.05, 3.63) is 274 Å². The fourth-order valence-corrected chi connectivity index (χ4v) is 29.2. The Bertz CT molecular complexity index is 6940. The highest BCUT2D eigenvalue weighted by atomic mass is 31.3. The molecule has 149 heavy (non-hydrogen) atoms. The van der Waals surface area contributed by atoms with Crippen LogP contribution in [0.5, 0.6) is 28.7 Å². The molecule has 0 aliphatic carbocycles. The summed E-state index contributed by atoms with van der Waals surface area (Å²) in [6, 6.07) is 56.0. The minimum atomic E-state index is -5.56. The molecule has 19 N–H and O–H groups in total. The number of hydrogen-bond donors (Lipinski definition) is 19. The molecule has 0 bridgehead atoms. The summed E-state index contributed by atoms with van der Waals surface area (Å²) in [7, 11) is -57.7. The number of ether oxygens (including phenoxy) is 4. The monoisotopic (exact) mass is 2310 g/mol. The number of Topliss-reactive ketones (excluding diaryl/α,β-unsaturated/α-hetero) is 1. The topological polar surface area (TPSA) is 805 Å². The zero-order chi connectivity index (χ0) is 113. The number of ketones is 1. The number of carbonyl (C=O) groups excluding carboxylic acids is 1. The maximum absolute atomic E-state index is 12.0. The number of pyridine rings is 6. The third-order valence-corrected chi connectivity index (χ3v) is 48.6. The van der Waals surface area contributed by atoms with Gasteiger partial charge in [-0.2, -0.15) is 9.13 Å². The molecule has 0 spiro atoms. The first kappa shape index (κ1) is 129. The lowest BCUT2D eigenvalue weighted by atomic mass is 10.0. The van der Waals surface area contributed by atoms with Gasteiger partial charge in [-0.1, -0.05) is 87.0 Å². The van der Waals surface area contributed by atoms with Gasteiger partial charge in [0.15, 0.2) is 158 Å². The predicted octanol–water partition coefficient (Wildman–Crippen LogP) is 4.62. The summed E-state index contributed by atoms with van der Waals surface area (Å²) in [5, 5.41) is 51.0. The second kappa shape index (κ2) is 51.7. The molecule has 6 heterocycles. The van der Waals surface area contributed by atoms with E-state index in [0.717, 1.165) is 52.5 Å². The second-order valence-electron chi connectivity index (χ2n) is 34.2. The number of benzene rings is 5. The smallest absolute Gasteiger partial charge is 0.263 e. The molecule has 18 atom stereocenters. The van der Waals surface area contributed by atoms with E-state index in [2.05, 4.69) is 6.92 Å². The fourth-order valence-electron chi connectivity index (χ4n) is 13.4. The Hall–Kier alpha value is -8.53. The molecule has 60 heteroatoms. The number of carbonyl (C=O) groups is 1. The van der Waals surface area contributed by atoms with Gasteiger partial charge in [-0.25, -0.2) is 18.3 Å². The van der Waals surface area contributed by atoms with Crippen molar-refractivity contribution >= 4 is 95.6 Å². The summed E-state index contributed by atoms with van der Waals surface area (Å²) < 4.78 is 169. The second-order valence-corrected chi connectivity index (χ2v) is 62.0. The molecule has 48 nitrogen and oxygen atoms in total. The van der Waals surface area contributed by atoms with Crippen molar-refractivity contribution in [2.24, 2.45) is 0 Å². The molecular weight excluding hydrogens is 2200 g/mol. The lowest BCUT2D eigenvalue weighted by Gasteiger charge is -2.35. The summed E-state index contributed by atoms with van der Waals surface area (Å²) in [4.78, 5) is 193. The molecule has 816 valence electrons. The molecule has 0 amide bonds. The first-order chi connectivity index (χ1) is 68.2. The molecule has 0 saturated carbocycles. The van der Waals surface area contributed by atoms with E-state index in [1.54, 1.807) is 171 Å². The summed E-state index contributed by atoms with van der Waals surface area (Å²) in [5.41, 5.74) is 7.36. The number of hydrogen-bond acceptors (Lipinski definition) is 30. The number of unbranched alkanes of at least 4 members (excludes halogenated alkanes) is 1. The molecule has 11 rings (SSSR count). The Kier molecular flexibility index (Phi) is 44.8. The molecule has 0 aliphatic heterocycles. The predicted molar refractivity (Wildman–Crippen MR) is 531 cm³/mol. The Labute approximate surface area is 856 Å². The van der Waals surface area contributed by atoms with Gasteiger partial charge >= 0.3 is 0 Å². The van der Waals surface area contributed by atoms with Crippen LogP contribution in [-0.2, 0) is 94.0 Å². The number of aromatic nitrogens is 6. The minimum absolute atomic E-state index is 0.0828. The van der Waals surface area contributed by atoms with Crippen molar-refractivity contribution < 1.29 is 230 Å². The molecule has 0 fully saturated rings. The first-order valence-electron chi connectivity index (χ1n) is 43.6. The maximum atomic E-state index is 12.0. The molecule has 11 aromatic rings. The van der Waals surface area contributed by atoms with Gasteiger partial charge in [-0.05, 0) is 133 Å². The number of nitrogens with zero attached hydrogens (tertiary/aromatic N) is 6.